The fourth-order valence-electron chi connectivity index (χ4n) is 2.09. The predicted octanol–water partition coefficient (Wildman–Crippen LogP) is 0.886. The lowest BCUT2D eigenvalue weighted by molar-refractivity contribution is 0.306. The third-order valence-corrected chi connectivity index (χ3v) is 2.96. The van der Waals surface area contributed by atoms with Gasteiger partial charge in [-0.05, 0) is 18.7 Å². The summed E-state index contributed by atoms with van der Waals surface area (Å²) in [5.74, 6) is 0. The zero-order valence-corrected chi connectivity index (χ0v) is 10.2. The zero-order chi connectivity index (χ0) is 12.3. The van der Waals surface area contributed by atoms with Crippen LogP contribution in [0.3, 0.4) is 0 Å². The second-order valence-electron chi connectivity index (χ2n) is 4.55. The van der Waals surface area contributed by atoms with E-state index in [4.69, 9.17) is 11.5 Å². The molecule has 5 N–H and O–H groups in total. The fourth-order valence-corrected chi connectivity index (χ4v) is 2.09. The molecule has 0 saturated heterocycles. The van der Waals surface area contributed by atoms with E-state index >= 15 is 0 Å². The Bertz CT molecular complexity index is 477. The van der Waals surface area contributed by atoms with E-state index in [0.29, 0.717) is 6.54 Å². The van der Waals surface area contributed by atoms with Crippen molar-refractivity contribution in [3.8, 4) is 0 Å². The molecule has 1 atom stereocenters. The molecule has 0 aliphatic heterocycles. The van der Waals surface area contributed by atoms with Crippen molar-refractivity contribution in [1.29, 1.82) is 0 Å². The van der Waals surface area contributed by atoms with Gasteiger partial charge in [-0.1, -0.05) is 18.2 Å². The lowest BCUT2D eigenvalue weighted by atomic mass is 10.1. The molecule has 92 valence electrons. The molecule has 4 nitrogen and oxygen atoms in total. The first-order chi connectivity index (χ1) is 8.20. The summed E-state index contributed by atoms with van der Waals surface area (Å²) in [5.41, 5.74) is 13.8. The van der Waals surface area contributed by atoms with Crippen molar-refractivity contribution in [2.24, 2.45) is 11.5 Å². The van der Waals surface area contributed by atoms with E-state index in [-0.39, 0.29) is 6.04 Å². The largest absolute Gasteiger partial charge is 0.361 e. The molecule has 2 rings (SSSR count). The number of aromatic nitrogens is 1. The number of hydrogen-bond donors (Lipinski definition) is 3. The maximum atomic E-state index is 5.84. The molecule has 0 spiro atoms. The van der Waals surface area contributed by atoms with Gasteiger partial charge in [0.05, 0.1) is 0 Å². The molecule has 1 aromatic heterocycles. The lowest BCUT2D eigenvalue weighted by Gasteiger charge is -2.19. The average Bonchev–Trinajstić information content (AvgIpc) is 2.72. The Morgan fingerprint density at radius 3 is 2.88 bits per heavy atom. The molecule has 0 amide bonds. The minimum Gasteiger partial charge on any atom is -0.361 e. The first-order valence-corrected chi connectivity index (χ1v) is 5.90. The average molecular weight is 232 g/mol. The molecule has 2 aromatic rings. The van der Waals surface area contributed by atoms with Gasteiger partial charge >= 0.3 is 0 Å². The summed E-state index contributed by atoms with van der Waals surface area (Å²) >= 11 is 0. The van der Waals surface area contributed by atoms with Crippen LogP contribution in [0.2, 0.25) is 0 Å². The van der Waals surface area contributed by atoms with Crippen molar-refractivity contribution in [2.45, 2.75) is 12.6 Å². The minimum absolute atomic E-state index is 0.0465. The molecule has 0 aliphatic carbocycles. The highest BCUT2D eigenvalue weighted by molar-refractivity contribution is 5.82. The van der Waals surface area contributed by atoms with Crippen LogP contribution in [0.5, 0.6) is 0 Å². The number of rotatable bonds is 5. The number of hydrogen-bond acceptors (Lipinski definition) is 3. The molecule has 1 unspecified atom stereocenters. The normalized spacial score (nSPS) is 13.4. The van der Waals surface area contributed by atoms with Crippen LogP contribution in [0.15, 0.2) is 30.5 Å². The summed E-state index contributed by atoms with van der Waals surface area (Å²) in [6.07, 6.45) is 2.06. The summed E-state index contributed by atoms with van der Waals surface area (Å²) in [6.45, 7) is 2.23. The van der Waals surface area contributed by atoms with Crippen molar-refractivity contribution >= 4 is 10.9 Å². The van der Waals surface area contributed by atoms with E-state index < -0.39 is 0 Å². The molecular weight excluding hydrogens is 212 g/mol. The van der Waals surface area contributed by atoms with Crippen LogP contribution >= 0.6 is 0 Å². The first kappa shape index (κ1) is 12.1. The maximum absolute atomic E-state index is 5.84. The Labute approximate surface area is 102 Å². The van der Waals surface area contributed by atoms with Crippen molar-refractivity contribution in [2.75, 3.05) is 20.1 Å². The lowest BCUT2D eigenvalue weighted by Crippen LogP contribution is -2.40. The van der Waals surface area contributed by atoms with Crippen LogP contribution in [0.4, 0.5) is 0 Å². The highest BCUT2D eigenvalue weighted by Gasteiger charge is 2.08. The summed E-state index contributed by atoms with van der Waals surface area (Å²) in [7, 11) is 2.07. The van der Waals surface area contributed by atoms with Gasteiger partial charge in [-0.15, -0.1) is 0 Å². The minimum atomic E-state index is 0.0465. The van der Waals surface area contributed by atoms with E-state index in [9.17, 15) is 0 Å². The molecule has 1 heterocycles. The standard InChI is InChI=1S/C13H20N4/c1-17(9-11(15)6-14)8-10-7-16-13-5-3-2-4-12(10)13/h2-5,7,11,16H,6,8-9,14-15H2,1H3. The summed E-state index contributed by atoms with van der Waals surface area (Å²) < 4.78 is 0. The third-order valence-electron chi connectivity index (χ3n) is 2.96. The predicted molar refractivity (Wildman–Crippen MR) is 71.7 cm³/mol. The van der Waals surface area contributed by atoms with Crippen LogP contribution in [0, 0.1) is 0 Å². The monoisotopic (exact) mass is 232 g/mol. The molecule has 1 aromatic carbocycles. The summed E-state index contributed by atoms with van der Waals surface area (Å²) in [6, 6.07) is 8.37. The van der Waals surface area contributed by atoms with Crippen molar-refractivity contribution in [3.05, 3.63) is 36.0 Å². The number of nitrogens with one attached hydrogen (secondary N) is 1. The number of nitrogens with zero attached hydrogens (tertiary/aromatic N) is 1. The SMILES string of the molecule is CN(Cc1c[nH]c2ccccc12)CC(N)CN. The zero-order valence-electron chi connectivity index (χ0n) is 10.2. The smallest absolute Gasteiger partial charge is 0.0457 e. The molecule has 0 fully saturated rings. The number of para-hydroxylation sites is 1. The first-order valence-electron chi connectivity index (χ1n) is 5.90. The highest BCUT2D eigenvalue weighted by Crippen LogP contribution is 2.18. The van der Waals surface area contributed by atoms with Crippen LogP contribution in [-0.4, -0.2) is 36.1 Å². The third kappa shape index (κ3) is 2.85. The van der Waals surface area contributed by atoms with Gasteiger partial charge in [0.25, 0.3) is 0 Å². The molecular formula is C13H20N4. The fraction of sp³-hybridized carbons (Fsp3) is 0.385. The number of likely N-dealkylation sites (N-methyl/N-ethyl adjacent to an activating group) is 1. The Morgan fingerprint density at radius 1 is 1.35 bits per heavy atom. The van der Waals surface area contributed by atoms with Gasteiger partial charge in [-0.2, -0.15) is 0 Å². The maximum Gasteiger partial charge on any atom is 0.0457 e. The molecule has 0 bridgehead atoms. The van der Waals surface area contributed by atoms with Gasteiger partial charge < -0.3 is 21.4 Å². The second-order valence-corrected chi connectivity index (χ2v) is 4.55. The highest BCUT2D eigenvalue weighted by atomic mass is 15.1. The van der Waals surface area contributed by atoms with E-state index in [1.165, 1.54) is 16.5 Å². The van der Waals surface area contributed by atoms with E-state index in [2.05, 4.69) is 41.3 Å². The van der Waals surface area contributed by atoms with E-state index in [1.807, 2.05) is 6.07 Å². The number of benzene rings is 1. The Balaban J connectivity index is 2.08. The van der Waals surface area contributed by atoms with E-state index in [1.54, 1.807) is 0 Å². The Kier molecular flexibility index (Phi) is 3.78. The van der Waals surface area contributed by atoms with Gasteiger partial charge in [-0.3, -0.25) is 0 Å². The molecule has 0 aliphatic rings. The van der Waals surface area contributed by atoms with Crippen molar-refractivity contribution in [3.63, 3.8) is 0 Å². The van der Waals surface area contributed by atoms with Crippen LogP contribution in [-0.2, 0) is 6.54 Å². The summed E-state index contributed by atoms with van der Waals surface area (Å²) in [5, 5.41) is 1.28. The topological polar surface area (TPSA) is 71.1 Å². The quantitative estimate of drug-likeness (QED) is 0.717. The Hall–Kier alpha value is -1.36. The van der Waals surface area contributed by atoms with E-state index in [0.717, 1.165) is 13.1 Å². The van der Waals surface area contributed by atoms with Crippen LogP contribution < -0.4 is 11.5 Å². The Morgan fingerprint density at radius 2 is 2.12 bits per heavy atom. The van der Waals surface area contributed by atoms with Crippen LogP contribution in [0.1, 0.15) is 5.56 Å². The van der Waals surface area contributed by atoms with Gasteiger partial charge in [0.2, 0.25) is 0 Å². The number of fused-ring (bicyclic) bond motifs is 1. The number of aromatic amines is 1. The molecule has 0 radical (unpaired) electrons. The molecule has 0 saturated carbocycles. The number of nitrogens with two attached hydrogens (primary N) is 2. The van der Waals surface area contributed by atoms with Crippen LogP contribution in [0.25, 0.3) is 10.9 Å². The molecule has 17 heavy (non-hydrogen) atoms. The number of H-pyrrole nitrogens is 1. The summed E-state index contributed by atoms with van der Waals surface area (Å²) in [4.78, 5) is 5.48. The van der Waals surface area contributed by atoms with Gasteiger partial charge in [0.1, 0.15) is 0 Å². The van der Waals surface area contributed by atoms with Gasteiger partial charge in [0, 0.05) is 42.8 Å². The van der Waals surface area contributed by atoms with Crippen molar-refractivity contribution in [1.82, 2.24) is 9.88 Å². The van der Waals surface area contributed by atoms with Crippen molar-refractivity contribution < 1.29 is 0 Å². The van der Waals surface area contributed by atoms with Gasteiger partial charge in [0.15, 0.2) is 0 Å². The second kappa shape index (κ2) is 5.31. The van der Waals surface area contributed by atoms with Gasteiger partial charge in [-0.25, -0.2) is 0 Å². The molecule has 4 heteroatoms.